The van der Waals surface area contributed by atoms with Gasteiger partial charge in [-0.25, -0.2) is 4.98 Å². The molecule has 2 rings (SSSR count). The van der Waals surface area contributed by atoms with Crippen LogP contribution in [-0.4, -0.2) is 38.9 Å². The summed E-state index contributed by atoms with van der Waals surface area (Å²) in [4.78, 5) is 19.8. The lowest BCUT2D eigenvalue weighted by Crippen LogP contribution is -2.42. The van der Waals surface area contributed by atoms with E-state index in [-0.39, 0.29) is 11.2 Å². The fourth-order valence-corrected chi connectivity index (χ4v) is 3.03. The lowest BCUT2D eigenvalue weighted by Gasteiger charge is -2.25. The molecule has 0 aliphatic rings. The van der Waals surface area contributed by atoms with Gasteiger partial charge in [0.25, 0.3) is 0 Å². The molecule has 0 bridgehead atoms. The molecule has 0 radical (unpaired) electrons. The summed E-state index contributed by atoms with van der Waals surface area (Å²) in [6.07, 6.45) is 1.26. The standard InChI is InChI=1S/C17H25N3O2S/c1-4-17(22,5-2)11-18-15(21)10-23-12(3)16-19-13-8-6-7-9-14(13)20-16/h6-9,12,22H,4-5,10-11H2,1-3H3,(H,18,21)(H,19,20). The zero-order chi connectivity index (χ0) is 16.9. The van der Waals surface area contributed by atoms with Crippen LogP contribution in [0.3, 0.4) is 0 Å². The molecule has 0 spiro atoms. The van der Waals surface area contributed by atoms with E-state index in [1.807, 2.05) is 45.0 Å². The van der Waals surface area contributed by atoms with Crippen molar-refractivity contribution in [3.05, 3.63) is 30.1 Å². The van der Waals surface area contributed by atoms with Crippen molar-refractivity contribution in [1.29, 1.82) is 0 Å². The van der Waals surface area contributed by atoms with Crippen molar-refractivity contribution < 1.29 is 9.90 Å². The fraction of sp³-hybridized carbons (Fsp3) is 0.529. The number of rotatable bonds is 8. The number of H-pyrrole nitrogens is 1. The highest BCUT2D eigenvalue weighted by Crippen LogP contribution is 2.27. The van der Waals surface area contributed by atoms with Crippen LogP contribution >= 0.6 is 11.8 Å². The van der Waals surface area contributed by atoms with Gasteiger partial charge in [-0.2, -0.15) is 0 Å². The van der Waals surface area contributed by atoms with Crippen molar-refractivity contribution in [1.82, 2.24) is 15.3 Å². The Morgan fingerprint density at radius 3 is 2.74 bits per heavy atom. The van der Waals surface area contributed by atoms with Crippen LogP contribution in [0.4, 0.5) is 0 Å². The lowest BCUT2D eigenvalue weighted by atomic mass is 9.98. The normalized spacial score (nSPS) is 13.2. The van der Waals surface area contributed by atoms with Gasteiger partial charge < -0.3 is 15.4 Å². The van der Waals surface area contributed by atoms with Crippen molar-refractivity contribution in [2.45, 2.75) is 44.5 Å². The highest BCUT2D eigenvalue weighted by Gasteiger charge is 2.23. The number of fused-ring (bicyclic) bond motifs is 1. The second kappa shape index (κ2) is 7.84. The molecule has 0 saturated heterocycles. The highest BCUT2D eigenvalue weighted by atomic mass is 32.2. The van der Waals surface area contributed by atoms with Crippen LogP contribution in [0.2, 0.25) is 0 Å². The van der Waals surface area contributed by atoms with Crippen LogP contribution in [0.1, 0.15) is 44.7 Å². The maximum absolute atomic E-state index is 12.0. The Kier molecular flexibility index (Phi) is 6.07. The highest BCUT2D eigenvalue weighted by molar-refractivity contribution is 8.00. The molecule has 1 amide bonds. The van der Waals surface area contributed by atoms with E-state index in [0.717, 1.165) is 16.9 Å². The van der Waals surface area contributed by atoms with E-state index in [0.29, 0.717) is 25.1 Å². The third-order valence-electron chi connectivity index (χ3n) is 4.19. The van der Waals surface area contributed by atoms with Gasteiger partial charge in [0.05, 0.1) is 27.6 Å². The summed E-state index contributed by atoms with van der Waals surface area (Å²) in [5.74, 6) is 1.17. The molecule has 5 nitrogen and oxygen atoms in total. The molecule has 0 saturated carbocycles. The van der Waals surface area contributed by atoms with E-state index in [2.05, 4.69) is 15.3 Å². The van der Waals surface area contributed by atoms with E-state index < -0.39 is 5.60 Å². The first kappa shape index (κ1) is 17.8. The van der Waals surface area contributed by atoms with Crippen molar-refractivity contribution in [3.63, 3.8) is 0 Å². The van der Waals surface area contributed by atoms with Crippen LogP contribution in [0, 0.1) is 0 Å². The van der Waals surface area contributed by atoms with Crippen LogP contribution in [0.5, 0.6) is 0 Å². The maximum atomic E-state index is 12.0. The van der Waals surface area contributed by atoms with Gasteiger partial charge in [0, 0.05) is 6.54 Å². The molecular formula is C17H25N3O2S. The number of thioether (sulfide) groups is 1. The molecule has 23 heavy (non-hydrogen) atoms. The molecule has 126 valence electrons. The number of aliphatic hydroxyl groups is 1. The Morgan fingerprint density at radius 1 is 1.39 bits per heavy atom. The molecule has 1 unspecified atom stereocenters. The average Bonchev–Trinajstić information content (AvgIpc) is 3.01. The minimum absolute atomic E-state index is 0.0571. The summed E-state index contributed by atoms with van der Waals surface area (Å²) in [5.41, 5.74) is 1.15. The van der Waals surface area contributed by atoms with E-state index in [1.54, 1.807) is 0 Å². The zero-order valence-electron chi connectivity index (χ0n) is 13.9. The van der Waals surface area contributed by atoms with Crippen LogP contribution < -0.4 is 5.32 Å². The van der Waals surface area contributed by atoms with Gasteiger partial charge in [-0.15, -0.1) is 11.8 Å². The molecule has 1 aromatic heterocycles. The van der Waals surface area contributed by atoms with Crippen molar-refractivity contribution in [3.8, 4) is 0 Å². The topological polar surface area (TPSA) is 78.0 Å². The number of imidazole rings is 1. The van der Waals surface area contributed by atoms with Crippen LogP contribution in [-0.2, 0) is 4.79 Å². The molecule has 0 aliphatic carbocycles. The number of amides is 1. The molecular weight excluding hydrogens is 310 g/mol. The lowest BCUT2D eigenvalue weighted by molar-refractivity contribution is -0.119. The first-order valence-corrected chi connectivity index (χ1v) is 9.07. The summed E-state index contributed by atoms with van der Waals surface area (Å²) >= 11 is 1.53. The summed E-state index contributed by atoms with van der Waals surface area (Å²) < 4.78 is 0. The largest absolute Gasteiger partial charge is 0.388 e. The van der Waals surface area contributed by atoms with Gasteiger partial charge in [0.2, 0.25) is 5.91 Å². The number of para-hydroxylation sites is 2. The number of aromatic nitrogens is 2. The summed E-state index contributed by atoms with van der Waals surface area (Å²) in [6.45, 7) is 6.19. The van der Waals surface area contributed by atoms with Crippen LogP contribution in [0.15, 0.2) is 24.3 Å². The SMILES string of the molecule is CCC(O)(CC)CNC(=O)CSC(C)c1nc2ccccc2[nH]1. The van der Waals surface area contributed by atoms with Gasteiger partial charge in [0.15, 0.2) is 0 Å². The van der Waals surface area contributed by atoms with E-state index in [9.17, 15) is 9.90 Å². The van der Waals surface area contributed by atoms with Crippen molar-refractivity contribution >= 4 is 28.7 Å². The maximum Gasteiger partial charge on any atom is 0.230 e. The zero-order valence-corrected chi connectivity index (χ0v) is 14.7. The number of nitrogens with one attached hydrogen (secondary N) is 2. The quantitative estimate of drug-likeness (QED) is 0.693. The Bertz CT molecular complexity index is 619. The third-order valence-corrected chi connectivity index (χ3v) is 5.34. The van der Waals surface area contributed by atoms with Crippen molar-refractivity contribution in [2.24, 2.45) is 0 Å². The number of aromatic amines is 1. The minimum atomic E-state index is -0.801. The predicted molar refractivity (Wildman–Crippen MR) is 95.5 cm³/mol. The van der Waals surface area contributed by atoms with Gasteiger partial charge in [-0.3, -0.25) is 4.79 Å². The van der Waals surface area contributed by atoms with Crippen molar-refractivity contribution in [2.75, 3.05) is 12.3 Å². The predicted octanol–water partition coefficient (Wildman–Crippen LogP) is 3.02. The van der Waals surface area contributed by atoms with Gasteiger partial charge in [-0.05, 0) is 31.9 Å². The second-order valence-electron chi connectivity index (χ2n) is 5.80. The number of benzene rings is 1. The number of carbonyl (C=O) groups excluding carboxylic acids is 1. The molecule has 0 fully saturated rings. The molecule has 3 N–H and O–H groups in total. The van der Waals surface area contributed by atoms with E-state index in [4.69, 9.17) is 0 Å². The molecule has 6 heteroatoms. The van der Waals surface area contributed by atoms with Gasteiger partial charge >= 0.3 is 0 Å². The monoisotopic (exact) mass is 335 g/mol. The third kappa shape index (κ3) is 4.72. The summed E-state index contributed by atoms with van der Waals surface area (Å²) in [5, 5.41) is 13.1. The van der Waals surface area contributed by atoms with Gasteiger partial charge in [-0.1, -0.05) is 26.0 Å². The minimum Gasteiger partial charge on any atom is -0.388 e. The average molecular weight is 335 g/mol. The van der Waals surface area contributed by atoms with E-state index >= 15 is 0 Å². The summed E-state index contributed by atoms with van der Waals surface area (Å²) in [6, 6.07) is 7.89. The van der Waals surface area contributed by atoms with Crippen LogP contribution in [0.25, 0.3) is 11.0 Å². The molecule has 1 atom stereocenters. The Morgan fingerprint density at radius 2 is 2.09 bits per heavy atom. The number of hydrogen-bond donors (Lipinski definition) is 3. The van der Waals surface area contributed by atoms with E-state index in [1.165, 1.54) is 11.8 Å². The first-order chi connectivity index (χ1) is 11.0. The molecule has 1 aromatic carbocycles. The number of carbonyl (C=O) groups is 1. The Hall–Kier alpha value is -1.53. The first-order valence-electron chi connectivity index (χ1n) is 8.02. The fourth-order valence-electron chi connectivity index (χ4n) is 2.26. The summed E-state index contributed by atoms with van der Waals surface area (Å²) in [7, 11) is 0. The molecule has 2 aromatic rings. The Balaban J connectivity index is 1.84. The number of hydrogen-bond acceptors (Lipinski definition) is 4. The Labute approximate surface area is 141 Å². The van der Waals surface area contributed by atoms with Gasteiger partial charge in [0.1, 0.15) is 5.82 Å². The molecule has 0 aliphatic heterocycles. The molecule has 1 heterocycles. The smallest absolute Gasteiger partial charge is 0.230 e. The number of nitrogens with zero attached hydrogens (tertiary/aromatic N) is 1. The second-order valence-corrected chi connectivity index (χ2v) is 7.13.